The Kier molecular flexibility index (Phi) is 2.65. The highest BCUT2D eigenvalue weighted by molar-refractivity contribution is 6.02. The van der Waals surface area contributed by atoms with Crippen LogP contribution in [0.4, 0.5) is 0 Å². The van der Waals surface area contributed by atoms with Crippen LogP contribution in [0.25, 0.3) is 0 Å². The Hall–Kier alpha value is -2.46. The van der Waals surface area contributed by atoms with Gasteiger partial charge >= 0.3 is 0 Å². The third-order valence-corrected chi connectivity index (χ3v) is 4.11. The second-order valence-electron chi connectivity index (χ2n) is 5.39. The van der Waals surface area contributed by atoms with Crippen molar-refractivity contribution < 1.29 is 9.90 Å². The summed E-state index contributed by atoms with van der Waals surface area (Å²) in [4.78, 5) is 16.4. The maximum absolute atomic E-state index is 12.5. The first-order chi connectivity index (χ1) is 10.3. The maximum atomic E-state index is 12.5. The summed E-state index contributed by atoms with van der Waals surface area (Å²) in [5.74, 6) is -0.147. The Morgan fingerprint density at radius 2 is 2.10 bits per heavy atom. The lowest BCUT2D eigenvalue weighted by Crippen LogP contribution is -2.31. The number of allylic oxidation sites excluding steroid dienone is 6. The zero-order valence-corrected chi connectivity index (χ0v) is 11.3. The molecular weight excluding hydrogens is 264 g/mol. The summed E-state index contributed by atoms with van der Waals surface area (Å²) < 4.78 is 0. The smallest absolute Gasteiger partial charge is 0.252 e. The molecule has 4 heteroatoms. The van der Waals surface area contributed by atoms with Crippen LogP contribution >= 0.6 is 0 Å². The topological polar surface area (TPSA) is 62.2 Å². The number of aliphatic hydroxyl groups is 1. The second-order valence-corrected chi connectivity index (χ2v) is 5.39. The zero-order valence-electron chi connectivity index (χ0n) is 11.3. The van der Waals surface area contributed by atoms with Gasteiger partial charge < -0.3 is 10.4 Å². The molecule has 2 N–H and O–H groups in total. The highest BCUT2D eigenvalue weighted by Crippen LogP contribution is 2.51. The maximum Gasteiger partial charge on any atom is 0.252 e. The van der Waals surface area contributed by atoms with E-state index in [1.54, 1.807) is 24.5 Å². The molecule has 21 heavy (non-hydrogen) atoms. The molecule has 0 spiro atoms. The lowest BCUT2D eigenvalue weighted by atomic mass is 10.1. The predicted octanol–water partition coefficient (Wildman–Crippen LogP) is 1.74. The number of nitrogens with zero attached hydrogens (tertiary/aromatic N) is 1. The van der Waals surface area contributed by atoms with Gasteiger partial charge in [0.25, 0.3) is 5.91 Å². The van der Waals surface area contributed by atoms with E-state index >= 15 is 0 Å². The minimum Gasteiger partial charge on any atom is -0.394 e. The number of aliphatic hydroxyl groups excluding tert-OH is 1. The number of aromatic nitrogens is 1. The van der Waals surface area contributed by atoms with Crippen LogP contribution in [-0.2, 0) is 4.79 Å². The average molecular weight is 278 g/mol. The fraction of sp³-hybridized carbons (Fsp3) is 0.176. The van der Waals surface area contributed by atoms with Crippen molar-refractivity contribution in [3.05, 3.63) is 76.2 Å². The first-order valence-electron chi connectivity index (χ1n) is 6.96. The summed E-state index contributed by atoms with van der Waals surface area (Å²) in [6.07, 6.45) is 10.3. The van der Waals surface area contributed by atoms with Crippen LogP contribution in [0.5, 0.6) is 0 Å². The number of nitrogens with one attached hydrogen (secondary N) is 1. The van der Waals surface area contributed by atoms with Crippen LogP contribution < -0.4 is 5.32 Å². The molecule has 1 aromatic rings. The Morgan fingerprint density at radius 3 is 2.86 bits per heavy atom. The normalized spacial score (nSPS) is 19.4. The van der Waals surface area contributed by atoms with Crippen LogP contribution in [0.15, 0.2) is 70.6 Å². The molecule has 104 valence electrons. The van der Waals surface area contributed by atoms with Crippen LogP contribution in [0.2, 0.25) is 0 Å². The van der Waals surface area contributed by atoms with Crippen molar-refractivity contribution in [2.75, 3.05) is 6.61 Å². The number of amides is 1. The molecule has 0 saturated heterocycles. The molecule has 1 aromatic heterocycles. The summed E-state index contributed by atoms with van der Waals surface area (Å²) in [6.45, 7) is -0.142. The van der Waals surface area contributed by atoms with E-state index in [-0.39, 0.29) is 12.5 Å². The summed E-state index contributed by atoms with van der Waals surface area (Å²) in [6, 6.07) is 3.18. The molecule has 4 rings (SSSR count). The standard InChI is InChI=1S/C17H14N2O2/c20-9-16(10-3-5-18-6-4-10)19-17(21)13-2-1-12-14-7-11(14)8-15(12)13/h1-6,8,16,20H,7,9H2,(H,19,21)/t16-/m0/s1. The Balaban J connectivity index is 1.57. The van der Waals surface area contributed by atoms with Gasteiger partial charge in [0.15, 0.2) is 0 Å². The Morgan fingerprint density at radius 1 is 1.29 bits per heavy atom. The quantitative estimate of drug-likeness (QED) is 0.882. The van der Waals surface area contributed by atoms with E-state index in [0.29, 0.717) is 5.57 Å². The summed E-state index contributed by atoms with van der Waals surface area (Å²) in [7, 11) is 0. The number of pyridine rings is 1. The van der Waals surface area contributed by atoms with E-state index in [9.17, 15) is 9.90 Å². The Bertz CT molecular complexity index is 754. The van der Waals surface area contributed by atoms with Gasteiger partial charge in [0, 0.05) is 18.0 Å². The number of hydrogen-bond donors (Lipinski definition) is 2. The van der Waals surface area contributed by atoms with Crippen molar-refractivity contribution in [2.45, 2.75) is 12.5 Å². The molecule has 1 amide bonds. The van der Waals surface area contributed by atoms with E-state index in [0.717, 1.165) is 17.6 Å². The molecule has 0 bridgehead atoms. The fourth-order valence-corrected chi connectivity index (χ4v) is 2.90. The molecule has 0 unspecified atom stereocenters. The summed E-state index contributed by atoms with van der Waals surface area (Å²) >= 11 is 0. The van der Waals surface area contributed by atoms with Gasteiger partial charge in [0.1, 0.15) is 0 Å². The predicted molar refractivity (Wildman–Crippen MR) is 78.1 cm³/mol. The van der Waals surface area contributed by atoms with Crippen LogP contribution in [-0.4, -0.2) is 22.6 Å². The first-order valence-corrected chi connectivity index (χ1v) is 6.96. The highest BCUT2D eigenvalue weighted by Gasteiger charge is 2.35. The molecule has 1 heterocycles. The number of fused-ring (bicyclic) bond motifs is 2. The van der Waals surface area contributed by atoms with Gasteiger partial charge in [-0.25, -0.2) is 0 Å². The van der Waals surface area contributed by atoms with Crippen LogP contribution in [0.1, 0.15) is 18.0 Å². The lowest BCUT2D eigenvalue weighted by Gasteiger charge is -2.17. The van der Waals surface area contributed by atoms with E-state index in [1.165, 1.54) is 16.7 Å². The SMILES string of the molecule is O=C(N[C@@H](CO)c1ccncc1)C1=C2C=C3CC3=C2C=C1. The van der Waals surface area contributed by atoms with E-state index in [2.05, 4.69) is 16.4 Å². The van der Waals surface area contributed by atoms with E-state index < -0.39 is 6.04 Å². The number of rotatable bonds is 4. The molecule has 1 saturated carbocycles. The van der Waals surface area contributed by atoms with Crippen molar-refractivity contribution in [2.24, 2.45) is 0 Å². The molecule has 0 aromatic carbocycles. The van der Waals surface area contributed by atoms with E-state index in [4.69, 9.17) is 0 Å². The molecule has 1 atom stereocenters. The van der Waals surface area contributed by atoms with Gasteiger partial charge in [-0.05, 0) is 58.6 Å². The first kappa shape index (κ1) is 12.3. The number of carbonyl (C=O) groups excluding carboxylic acids is 1. The zero-order chi connectivity index (χ0) is 14.4. The monoisotopic (exact) mass is 278 g/mol. The van der Waals surface area contributed by atoms with Crippen LogP contribution in [0, 0.1) is 0 Å². The van der Waals surface area contributed by atoms with Crippen LogP contribution in [0.3, 0.4) is 0 Å². The van der Waals surface area contributed by atoms with Gasteiger partial charge in [0.2, 0.25) is 0 Å². The van der Waals surface area contributed by atoms with Crippen molar-refractivity contribution >= 4 is 5.91 Å². The minimum atomic E-state index is -0.415. The summed E-state index contributed by atoms with van der Waals surface area (Å²) in [5, 5.41) is 12.4. The number of carbonyl (C=O) groups is 1. The van der Waals surface area contributed by atoms with Gasteiger partial charge in [-0.3, -0.25) is 9.78 Å². The molecule has 4 nitrogen and oxygen atoms in total. The van der Waals surface area contributed by atoms with Crippen molar-refractivity contribution in [1.82, 2.24) is 10.3 Å². The summed E-state index contributed by atoms with van der Waals surface area (Å²) in [5.41, 5.74) is 6.47. The fourth-order valence-electron chi connectivity index (χ4n) is 2.90. The van der Waals surface area contributed by atoms with Crippen molar-refractivity contribution in [1.29, 1.82) is 0 Å². The molecule has 1 fully saturated rings. The third kappa shape index (κ3) is 1.96. The molecule has 0 aliphatic heterocycles. The molecule has 0 radical (unpaired) electrons. The van der Waals surface area contributed by atoms with Gasteiger partial charge in [-0.15, -0.1) is 0 Å². The van der Waals surface area contributed by atoms with Crippen molar-refractivity contribution in [3.8, 4) is 0 Å². The van der Waals surface area contributed by atoms with Gasteiger partial charge in [-0.2, -0.15) is 0 Å². The molecule has 3 aliphatic rings. The average Bonchev–Trinajstić information content (AvgIpc) is 3.00. The minimum absolute atomic E-state index is 0.142. The van der Waals surface area contributed by atoms with Gasteiger partial charge in [-0.1, -0.05) is 6.08 Å². The van der Waals surface area contributed by atoms with Crippen molar-refractivity contribution in [3.63, 3.8) is 0 Å². The highest BCUT2D eigenvalue weighted by atomic mass is 16.3. The lowest BCUT2D eigenvalue weighted by molar-refractivity contribution is -0.118. The third-order valence-electron chi connectivity index (χ3n) is 4.11. The second kappa shape index (κ2) is 4.53. The Labute approximate surface area is 122 Å². The number of hydrogen-bond acceptors (Lipinski definition) is 3. The largest absolute Gasteiger partial charge is 0.394 e. The molecular formula is C17H14N2O2. The molecule has 3 aliphatic carbocycles. The van der Waals surface area contributed by atoms with E-state index in [1.807, 2.05) is 12.2 Å². The van der Waals surface area contributed by atoms with Gasteiger partial charge in [0.05, 0.1) is 12.6 Å².